The van der Waals surface area contributed by atoms with Gasteiger partial charge in [0.25, 0.3) is 0 Å². The second-order valence-corrected chi connectivity index (χ2v) is 3.35. The van der Waals surface area contributed by atoms with Crippen molar-refractivity contribution in [3.63, 3.8) is 0 Å². The summed E-state index contributed by atoms with van der Waals surface area (Å²) < 4.78 is 5.26. The zero-order valence-corrected chi connectivity index (χ0v) is 8.68. The van der Waals surface area contributed by atoms with Crippen molar-refractivity contribution in [3.05, 3.63) is 59.9 Å². The van der Waals surface area contributed by atoms with E-state index in [4.69, 9.17) is 4.74 Å². The third kappa shape index (κ3) is 2.34. The number of hydrogen-bond donors (Lipinski definition) is 0. The van der Waals surface area contributed by atoms with Crippen LogP contribution in [-0.2, 0) is 6.42 Å². The quantitative estimate of drug-likeness (QED) is 0.758. The van der Waals surface area contributed by atoms with E-state index in [1.807, 2.05) is 24.3 Å². The lowest BCUT2D eigenvalue weighted by Gasteiger charge is -2.07. The molecule has 0 aliphatic rings. The van der Waals surface area contributed by atoms with Gasteiger partial charge in [-0.2, -0.15) is 0 Å². The van der Waals surface area contributed by atoms with Crippen molar-refractivity contribution in [1.29, 1.82) is 0 Å². The number of rotatable bonds is 3. The lowest BCUT2D eigenvalue weighted by Crippen LogP contribution is -1.94. The first-order chi connectivity index (χ1) is 7.40. The largest absolute Gasteiger partial charge is 0.495 e. The summed E-state index contributed by atoms with van der Waals surface area (Å²) in [5, 5.41) is 0. The predicted molar refractivity (Wildman–Crippen MR) is 60.0 cm³/mol. The Labute approximate surface area is 89.6 Å². The molecule has 1 aromatic carbocycles. The first kappa shape index (κ1) is 9.71. The molecule has 1 heterocycles. The van der Waals surface area contributed by atoms with E-state index < -0.39 is 0 Å². The molecule has 0 N–H and O–H groups in total. The Bertz CT molecular complexity index is 426. The average molecular weight is 199 g/mol. The molecular weight excluding hydrogens is 186 g/mol. The van der Waals surface area contributed by atoms with E-state index in [0.717, 1.165) is 12.2 Å². The highest BCUT2D eigenvalue weighted by Gasteiger charge is 2.02. The van der Waals surface area contributed by atoms with Crippen LogP contribution in [0, 0.1) is 0 Å². The first-order valence-electron chi connectivity index (χ1n) is 4.91. The molecule has 2 heteroatoms. The van der Waals surface area contributed by atoms with Crippen LogP contribution in [0.15, 0.2) is 48.8 Å². The zero-order valence-electron chi connectivity index (χ0n) is 8.68. The minimum absolute atomic E-state index is 0.848. The van der Waals surface area contributed by atoms with Crippen LogP contribution in [0.3, 0.4) is 0 Å². The van der Waals surface area contributed by atoms with Crippen LogP contribution in [0.25, 0.3) is 0 Å². The van der Waals surface area contributed by atoms with Gasteiger partial charge < -0.3 is 4.74 Å². The van der Waals surface area contributed by atoms with Gasteiger partial charge in [0.1, 0.15) is 5.75 Å². The van der Waals surface area contributed by atoms with Gasteiger partial charge >= 0.3 is 0 Å². The highest BCUT2D eigenvalue weighted by atomic mass is 16.5. The third-order valence-electron chi connectivity index (χ3n) is 2.33. The van der Waals surface area contributed by atoms with Crippen molar-refractivity contribution in [1.82, 2.24) is 4.98 Å². The summed E-state index contributed by atoms with van der Waals surface area (Å²) in [6.07, 6.45) is 4.42. The van der Waals surface area contributed by atoms with Crippen LogP contribution in [0.5, 0.6) is 5.75 Å². The number of ether oxygens (including phenoxy) is 1. The van der Waals surface area contributed by atoms with Gasteiger partial charge in [0.15, 0.2) is 0 Å². The van der Waals surface area contributed by atoms with Gasteiger partial charge in [-0.15, -0.1) is 0 Å². The molecule has 2 aromatic rings. The average Bonchev–Trinajstić information content (AvgIpc) is 2.31. The van der Waals surface area contributed by atoms with E-state index in [1.165, 1.54) is 11.1 Å². The fourth-order valence-electron chi connectivity index (χ4n) is 1.55. The number of hydrogen-bond acceptors (Lipinski definition) is 2. The molecule has 0 atom stereocenters. The zero-order chi connectivity index (χ0) is 10.5. The number of pyridine rings is 1. The molecule has 15 heavy (non-hydrogen) atoms. The number of benzene rings is 1. The second kappa shape index (κ2) is 4.60. The molecule has 0 spiro atoms. The van der Waals surface area contributed by atoms with E-state index in [0.29, 0.717) is 0 Å². The van der Waals surface area contributed by atoms with Gasteiger partial charge in [-0.25, -0.2) is 0 Å². The van der Waals surface area contributed by atoms with E-state index in [2.05, 4.69) is 17.1 Å². The van der Waals surface area contributed by atoms with Gasteiger partial charge in [0.05, 0.1) is 13.3 Å². The van der Waals surface area contributed by atoms with Gasteiger partial charge in [0, 0.05) is 18.2 Å². The molecule has 2 nitrogen and oxygen atoms in total. The smallest absolute Gasteiger partial charge is 0.140 e. The maximum absolute atomic E-state index is 5.26. The Balaban J connectivity index is 2.24. The van der Waals surface area contributed by atoms with Gasteiger partial charge in [-0.3, -0.25) is 4.98 Å². The van der Waals surface area contributed by atoms with E-state index in [9.17, 15) is 0 Å². The highest BCUT2D eigenvalue weighted by molar-refractivity contribution is 5.34. The normalized spacial score (nSPS) is 9.93. The summed E-state index contributed by atoms with van der Waals surface area (Å²) in [5.74, 6) is 0.848. The molecule has 0 aliphatic heterocycles. The molecule has 0 unspecified atom stereocenters. The standard InChI is InChI=1S/C13H13NO/c1-15-13-10-14-8-7-12(13)9-11-5-3-2-4-6-11/h2-8,10H,9H2,1H3. The molecule has 76 valence electrons. The van der Waals surface area contributed by atoms with Crippen molar-refractivity contribution in [2.75, 3.05) is 7.11 Å². The molecule has 0 saturated carbocycles. The van der Waals surface area contributed by atoms with Crippen molar-refractivity contribution in [2.45, 2.75) is 6.42 Å². The molecule has 1 aromatic heterocycles. The summed E-state index contributed by atoms with van der Waals surface area (Å²) in [4.78, 5) is 4.03. The Morgan fingerprint density at radius 3 is 2.67 bits per heavy atom. The maximum atomic E-state index is 5.26. The monoisotopic (exact) mass is 199 g/mol. The Morgan fingerprint density at radius 1 is 1.13 bits per heavy atom. The fraction of sp³-hybridized carbons (Fsp3) is 0.154. The summed E-state index contributed by atoms with van der Waals surface area (Å²) in [5.41, 5.74) is 2.45. The topological polar surface area (TPSA) is 22.1 Å². The van der Waals surface area contributed by atoms with Crippen LogP contribution in [-0.4, -0.2) is 12.1 Å². The molecule has 0 saturated heterocycles. The maximum Gasteiger partial charge on any atom is 0.140 e. The SMILES string of the molecule is COc1cnccc1Cc1ccccc1. The minimum Gasteiger partial charge on any atom is -0.495 e. The molecule has 0 aliphatic carbocycles. The van der Waals surface area contributed by atoms with Crippen LogP contribution < -0.4 is 4.74 Å². The van der Waals surface area contributed by atoms with Gasteiger partial charge in [-0.05, 0) is 11.6 Å². The number of methoxy groups -OCH3 is 1. The van der Waals surface area contributed by atoms with Gasteiger partial charge in [0.2, 0.25) is 0 Å². The van der Waals surface area contributed by atoms with Crippen LogP contribution in [0.1, 0.15) is 11.1 Å². The van der Waals surface area contributed by atoms with Crippen molar-refractivity contribution >= 4 is 0 Å². The molecule has 0 bridgehead atoms. The molecule has 0 radical (unpaired) electrons. The molecule has 0 amide bonds. The predicted octanol–water partition coefficient (Wildman–Crippen LogP) is 2.68. The number of aromatic nitrogens is 1. The second-order valence-electron chi connectivity index (χ2n) is 3.35. The van der Waals surface area contributed by atoms with Crippen molar-refractivity contribution < 1.29 is 4.74 Å². The van der Waals surface area contributed by atoms with Crippen molar-refractivity contribution in [2.24, 2.45) is 0 Å². The summed E-state index contributed by atoms with van der Waals surface area (Å²) in [6.45, 7) is 0. The van der Waals surface area contributed by atoms with Gasteiger partial charge in [-0.1, -0.05) is 30.3 Å². The van der Waals surface area contributed by atoms with E-state index in [-0.39, 0.29) is 0 Å². The van der Waals surface area contributed by atoms with Crippen LogP contribution >= 0.6 is 0 Å². The third-order valence-corrected chi connectivity index (χ3v) is 2.33. The Kier molecular flexibility index (Phi) is 2.98. The summed E-state index contributed by atoms with van der Waals surface area (Å²) in [6, 6.07) is 12.3. The minimum atomic E-state index is 0.848. The fourth-order valence-corrected chi connectivity index (χ4v) is 1.55. The van der Waals surface area contributed by atoms with Crippen LogP contribution in [0.4, 0.5) is 0 Å². The summed E-state index contributed by atoms with van der Waals surface area (Å²) >= 11 is 0. The number of nitrogens with zero attached hydrogens (tertiary/aromatic N) is 1. The molecule has 2 rings (SSSR count). The van der Waals surface area contributed by atoms with Crippen LogP contribution in [0.2, 0.25) is 0 Å². The molecular formula is C13H13NO. The van der Waals surface area contributed by atoms with Crippen molar-refractivity contribution in [3.8, 4) is 5.75 Å². The first-order valence-corrected chi connectivity index (χ1v) is 4.91. The van der Waals surface area contributed by atoms with E-state index >= 15 is 0 Å². The lowest BCUT2D eigenvalue weighted by atomic mass is 10.1. The molecule has 0 fully saturated rings. The Morgan fingerprint density at radius 2 is 1.93 bits per heavy atom. The lowest BCUT2D eigenvalue weighted by molar-refractivity contribution is 0.408. The summed E-state index contributed by atoms with van der Waals surface area (Å²) in [7, 11) is 1.67. The highest BCUT2D eigenvalue weighted by Crippen LogP contribution is 2.19. The van der Waals surface area contributed by atoms with E-state index in [1.54, 1.807) is 19.5 Å². The Hall–Kier alpha value is -1.83.